The standard InChI is InChI=1S/C23H29N3O2.HI/c1-2-24-23(26-21-14-20-12-13-22(21)28-20)25-15-17-8-10-19(11-9-17)27-16-18-6-4-3-5-7-18;/h3-11,20-22H,2,12-16H2,1H3,(H2,24,25,26);1H. The summed E-state index contributed by atoms with van der Waals surface area (Å²) >= 11 is 0. The van der Waals surface area contributed by atoms with E-state index in [2.05, 4.69) is 41.8 Å². The van der Waals surface area contributed by atoms with E-state index in [9.17, 15) is 0 Å². The van der Waals surface area contributed by atoms with Crippen molar-refractivity contribution >= 4 is 29.9 Å². The molecule has 29 heavy (non-hydrogen) atoms. The molecule has 4 rings (SSSR count). The molecule has 2 saturated heterocycles. The number of hydrogen-bond acceptors (Lipinski definition) is 3. The molecule has 0 amide bonds. The van der Waals surface area contributed by atoms with Crippen molar-refractivity contribution < 1.29 is 9.47 Å². The number of halogens is 1. The molecule has 2 aromatic rings. The Labute approximate surface area is 190 Å². The maximum absolute atomic E-state index is 5.94. The summed E-state index contributed by atoms with van der Waals surface area (Å²) in [4.78, 5) is 4.75. The lowest BCUT2D eigenvalue weighted by Gasteiger charge is -2.22. The van der Waals surface area contributed by atoms with E-state index in [1.807, 2.05) is 30.3 Å². The lowest BCUT2D eigenvalue weighted by molar-refractivity contribution is 0.0992. The summed E-state index contributed by atoms with van der Waals surface area (Å²) in [6.45, 7) is 4.15. The van der Waals surface area contributed by atoms with Crippen LogP contribution in [-0.4, -0.2) is 30.8 Å². The Morgan fingerprint density at radius 3 is 2.52 bits per heavy atom. The Bertz CT molecular complexity index is 782. The molecule has 6 heteroatoms. The van der Waals surface area contributed by atoms with E-state index in [1.165, 1.54) is 12.0 Å². The summed E-state index contributed by atoms with van der Waals surface area (Å²) in [5, 5.41) is 6.91. The second kappa shape index (κ2) is 10.8. The molecule has 2 aromatic carbocycles. The van der Waals surface area contributed by atoms with Gasteiger partial charge in [0.2, 0.25) is 0 Å². The van der Waals surface area contributed by atoms with Gasteiger partial charge in [-0.25, -0.2) is 4.99 Å². The molecule has 2 heterocycles. The third-order valence-electron chi connectivity index (χ3n) is 5.36. The second-order valence-corrected chi connectivity index (χ2v) is 7.47. The first kappa shape index (κ1) is 21.9. The predicted octanol–water partition coefficient (Wildman–Crippen LogP) is 4.26. The smallest absolute Gasteiger partial charge is 0.191 e. The summed E-state index contributed by atoms with van der Waals surface area (Å²) in [7, 11) is 0. The average molecular weight is 507 g/mol. The van der Waals surface area contributed by atoms with Gasteiger partial charge in [-0.05, 0) is 49.4 Å². The third kappa shape index (κ3) is 6.09. The number of benzene rings is 2. The van der Waals surface area contributed by atoms with E-state index >= 15 is 0 Å². The van der Waals surface area contributed by atoms with Gasteiger partial charge in [0, 0.05) is 6.54 Å². The Morgan fingerprint density at radius 1 is 1.07 bits per heavy atom. The molecule has 2 aliphatic rings. The van der Waals surface area contributed by atoms with E-state index < -0.39 is 0 Å². The highest BCUT2D eigenvalue weighted by Gasteiger charge is 2.41. The zero-order chi connectivity index (χ0) is 19.2. The average Bonchev–Trinajstić information content (AvgIpc) is 3.35. The minimum atomic E-state index is 0. The largest absolute Gasteiger partial charge is 0.489 e. The van der Waals surface area contributed by atoms with Crippen molar-refractivity contribution in [2.45, 2.75) is 57.6 Å². The summed E-state index contributed by atoms with van der Waals surface area (Å²) in [5.74, 6) is 1.74. The van der Waals surface area contributed by atoms with Gasteiger partial charge in [-0.1, -0.05) is 42.5 Å². The molecular weight excluding hydrogens is 477 g/mol. The molecule has 2 bridgehead atoms. The highest BCUT2D eigenvalue weighted by Crippen LogP contribution is 2.34. The van der Waals surface area contributed by atoms with Crippen LogP contribution in [0.25, 0.3) is 0 Å². The van der Waals surface area contributed by atoms with Crippen LogP contribution in [0.4, 0.5) is 0 Å². The van der Waals surface area contributed by atoms with E-state index in [0.717, 1.165) is 36.7 Å². The maximum Gasteiger partial charge on any atom is 0.191 e. The summed E-state index contributed by atoms with van der Waals surface area (Å²) in [6, 6.07) is 18.8. The van der Waals surface area contributed by atoms with Crippen LogP contribution in [0.15, 0.2) is 59.6 Å². The third-order valence-corrected chi connectivity index (χ3v) is 5.36. The van der Waals surface area contributed by atoms with E-state index in [1.54, 1.807) is 0 Å². The maximum atomic E-state index is 5.94. The van der Waals surface area contributed by atoms with Crippen LogP contribution in [-0.2, 0) is 17.9 Å². The van der Waals surface area contributed by atoms with E-state index in [4.69, 9.17) is 14.5 Å². The Hall–Kier alpha value is -1.80. The summed E-state index contributed by atoms with van der Waals surface area (Å²) in [6.07, 6.45) is 4.23. The topological polar surface area (TPSA) is 54.9 Å². The fourth-order valence-corrected chi connectivity index (χ4v) is 3.89. The normalized spacial score (nSPS) is 22.8. The van der Waals surface area contributed by atoms with Crippen molar-refractivity contribution in [2.24, 2.45) is 4.99 Å². The SMILES string of the molecule is CCNC(=NCc1ccc(OCc2ccccc2)cc1)NC1CC2CCC1O2.I. The fraction of sp³-hybridized carbons (Fsp3) is 0.435. The summed E-state index contributed by atoms with van der Waals surface area (Å²) in [5.41, 5.74) is 2.33. The number of nitrogens with one attached hydrogen (secondary N) is 2. The molecule has 2 fully saturated rings. The van der Waals surface area contributed by atoms with Gasteiger partial charge < -0.3 is 20.1 Å². The van der Waals surface area contributed by atoms with Gasteiger partial charge in [-0.3, -0.25) is 0 Å². The molecule has 156 valence electrons. The van der Waals surface area contributed by atoms with E-state index in [-0.39, 0.29) is 24.0 Å². The minimum absolute atomic E-state index is 0. The highest BCUT2D eigenvalue weighted by atomic mass is 127. The fourth-order valence-electron chi connectivity index (χ4n) is 3.89. The number of aliphatic imine (C=N–C) groups is 1. The monoisotopic (exact) mass is 507 g/mol. The van der Waals surface area contributed by atoms with Crippen LogP contribution in [0.2, 0.25) is 0 Å². The number of hydrogen-bond donors (Lipinski definition) is 2. The number of fused-ring (bicyclic) bond motifs is 2. The van der Waals surface area contributed by atoms with Crippen LogP contribution < -0.4 is 15.4 Å². The van der Waals surface area contributed by atoms with Crippen LogP contribution in [0.5, 0.6) is 5.75 Å². The van der Waals surface area contributed by atoms with Gasteiger partial charge in [-0.15, -0.1) is 24.0 Å². The first-order valence-corrected chi connectivity index (χ1v) is 10.3. The quantitative estimate of drug-likeness (QED) is 0.334. The Kier molecular flexibility index (Phi) is 8.18. The van der Waals surface area contributed by atoms with Gasteiger partial charge >= 0.3 is 0 Å². The van der Waals surface area contributed by atoms with Crippen molar-refractivity contribution in [3.8, 4) is 5.75 Å². The van der Waals surface area contributed by atoms with Gasteiger partial charge in [0.25, 0.3) is 0 Å². The molecule has 0 aromatic heterocycles. The van der Waals surface area contributed by atoms with Crippen molar-refractivity contribution in [3.63, 3.8) is 0 Å². The Morgan fingerprint density at radius 2 is 1.86 bits per heavy atom. The van der Waals surface area contributed by atoms with Crippen LogP contribution in [0.1, 0.15) is 37.3 Å². The first-order valence-electron chi connectivity index (χ1n) is 10.3. The lowest BCUT2D eigenvalue weighted by Crippen LogP contribution is -2.47. The molecule has 0 radical (unpaired) electrons. The lowest BCUT2D eigenvalue weighted by atomic mass is 9.96. The van der Waals surface area contributed by atoms with Crippen molar-refractivity contribution in [1.82, 2.24) is 10.6 Å². The second-order valence-electron chi connectivity index (χ2n) is 7.47. The minimum Gasteiger partial charge on any atom is -0.489 e. The molecule has 3 atom stereocenters. The van der Waals surface area contributed by atoms with Crippen molar-refractivity contribution in [3.05, 3.63) is 65.7 Å². The predicted molar refractivity (Wildman–Crippen MR) is 127 cm³/mol. The van der Waals surface area contributed by atoms with Gasteiger partial charge in [0.15, 0.2) is 5.96 Å². The van der Waals surface area contributed by atoms with Crippen LogP contribution in [0.3, 0.4) is 0 Å². The molecule has 5 nitrogen and oxygen atoms in total. The molecule has 0 aliphatic carbocycles. The van der Waals surface area contributed by atoms with E-state index in [0.29, 0.717) is 31.4 Å². The zero-order valence-corrected chi connectivity index (χ0v) is 19.2. The van der Waals surface area contributed by atoms with Gasteiger partial charge in [0.1, 0.15) is 12.4 Å². The van der Waals surface area contributed by atoms with Crippen molar-refractivity contribution in [2.75, 3.05) is 6.54 Å². The molecule has 2 N–H and O–H groups in total. The molecule has 3 unspecified atom stereocenters. The van der Waals surface area contributed by atoms with Crippen LogP contribution >= 0.6 is 24.0 Å². The molecule has 0 saturated carbocycles. The highest BCUT2D eigenvalue weighted by molar-refractivity contribution is 14.0. The Balaban J connectivity index is 0.00000240. The first-order chi connectivity index (χ1) is 13.8. The number of nitrogens with zero attached hydrogens (tertiary/aromatic N) is 1. The molecule has 0 spiro atoms. The number of guanidine groups is 1. The number of ether oxygens (including phenoxy) is 2. The zero-order valence-electron chi connectivity index (χ0n) is 16.8. The molecule has 2 aliphatic heterocycles. The van der Waals surface area contributed by atoms with Gasteiger partial charge in [-0.2, -0.15) is 0 Å². The summed E-state index contributed by atoms with van der Waals surface area (Å²) < 4.78 is 11.8. The molecular formula is C23H30IN3O2. The number of rotatable bonds is 7. The van der Waals surface area contributed by atoms with Gasteiger partial charge in [0.05, 0.1) is 24.8 Å². The van der Waals surface area contributed by atoms with Crippen LogP contribution in [0, 0.1) is 0 Å². The van der Waals surface area contributed by atoms with Crippen molar-refractivity contribution in [1.29, 1.82) is 0 Å².